The number of imidazole rings is 1. The van der Waals surface area contributed by atoms with Crippen molar-refractivity contribution in [2.24, 2.45) is 0 Å². The van der Waals surface area contributed by atoms with Gasteiger partial charge in [0.15, 0.2) is 12.1 Å². The van der Waals surface area contributed by atoms with Gasteiger partial charge in [-0.2, -0.15) is 18.3 Å². The lowest BCUT2D eigenvalue weighted by Gasteiger charge is -2.33. The summed E-state index contributed by atoms with van der Waals surface area (Å²) >= 11 is 0. The van der Waals surface area contributed by atoms with E-state index in [9.17, 15) is 18.0 Å². The molecule has 5 heterocycles. The van der Waals surface area contributed by atoms with Gasteiger partial charge in [-0.3, -0.25) is 4.79 Å². The highest BCUT2D eigenvalue weighted by molar-refractivity contribution is 5.93. The number of amides is 1. The average Bonchev–Trinajstić information content (AvgIpc) is 3.44. The third-order valence-electron chi connectivity index (χ3n) is 4.89. The van der Waals surface area contributed by atoms with Crippen LogP contribution < -0.4 is 0 Å². The fraction of sp³-hybridized carbons (Fsp3) is 0.222. The van der Waals surface area contributed by atoms with Crippen molar-refractivity contribution in [1.29, 1.82) is 0 Å². The van der Waals surface area contributed by atoms with E-state index in [2.05, 4.69) is 20.1 Å². The van der Waals surface area contributed by atoms with Gasteiger partial charge in [0.05, 0.1) is 23.2 Å². The van der Waals surface area contributed by atoms with Gasteiger partial charge in [0, 0.05) is 24.9 Å². The van der Waals surface area contributed by atoms with E-state index in [0.29, 0.717) is 24.2 Å². The predicted octanol–water partition coefficient (Wildman–Crippen LogP) is 2.85. The van der Waals surface area contributed by atoms with E-state index < -0.39 is 29.6 Å². The molecule has 5 rings (SSSR count). The van der Waals surface area contributed by atoms with Crippen LogP contribution in [0, 0.1) is 0 Å². The average molecular weight is 402 g/mol. The summed E-state index contributed by atoms with van der Waals surface area (Å²) in [7, 11) is 0. The van der Waals surface area contributed by atoms with Crippen LogP contribution in [-0.4, -0.2) is 41.9 Å². The van der Waals surface area contributed by atoms with Gasteiger partial charge in [0.2, 0.25) is 5.76 Å². The smallest absolute Gasteiger partial charge is 0.437 e. The number of oxazole rings is 1. The molecule has 1 atom stereocenters. The molecule has 4 aromatic heterocycles. The van der Waals surface area contributed by atoms with Crippen LogP contribution in [0.2, 0.25) is 0 Å². The van der Waals surface area contributed by atoms with Crippen molar-refractivity contribution in [3.63, 3.8) is 0 Å². The van der Waals surface area contributed by atoms with Crippen molar-refractivity contribution in [2.45, 2.75) is 18.6 Å². The molecular formula is C18H13F3N6O2. The first kappa shape index (κ1) is 17.5. The van der Waals surface area contributed by atoms with E-state index in [4.69, 9.17) is 4.42 Å². The number of nitrogens with zero attached hydrogens (tertiary/aromatic N) is 5. The molecule has 0 saturated carbocycles. The number of nitrogens with one attached hydrogen (secondary N) is 1. The van der Waals surface area contributed by atoms with Crippen LogP contribution in [0.3, 0.4) is 0 Å². The second-order valence-corrected chi connectivity index (χ2v) is 6.58. The first-order chi connectivity index (χ1) is 13.9. The molecule has 0 radical (unpaired) electrons. The third-order valence-corrected chi connectivity index (χ3v) is 4.89. The number of aromatic nitrogens is 5. The van der Waals surface area contributed by atoms with Crippen molar-refractivity contribution in [3.8, 4) is 0 Å². The van der Waals surface area contributed by atoms with E-state index in [1.165, 1.54) is 11.2 Å². The highest BCUT2D eigenvalue weighted by Crippen LogP contribution is 2.37. The Morgan fingerprint density at radius 1 is 1.28 bits per heavy atom. The summed E-state index contributed by atoms with van der Waals surface area (Å²) in [4.78, 5) is 24.9. The lowest BCUT2D eigenvalue weighted by molar-refractivity contribution is -0.141. The van der Waals surface area contributed by atoms with Gasteiger partial charge in [-0.25, -0.2) is 14.5 Å². The number of carbonyl (C=O) groups excluding carboxylic acids is 1. The number of halogens is 3. The van der Waals surface area contributed by atoms with Crippen LogP contribution in [0.5, 0.6) is 0 Å². The number of H-pyrrole nitrogens is 1. The van der Waals surface area contributed by atoms with Gasteiger partial charge in [-0.15, -0.1) is 0 Å². The van der Waals surface area contributed by atoms with Gasteiger partial charge >= 0.3 is 6.18 Å². The zero-order valence-corrected chi connectivity index (χ0v) is 14.7. The predicted molar refractivity (Wildman–Crippen MR) is 91.9 cm³/mol. The normalized spacial score (nSPS) is 16.9. The molecule has 1 amide bonds. The fourth-order valence-corrected chi connectivity index (χ4v) is 3.62. The number of aromatic amines is 1. The van der Waals surface area contributed by atoms with Crippen LogP contribution >= 0.6 is 0 Å². The maximum absolute atomic E-state index is 13.2. The zero-order valence-electron chi connectivity index (χ0n) is 14.7. The molecule has 1 N–H and O–H groups in total. The molecule has 0 spiro atoms. The summed E-state index contributed by atoms with van der Waals surface area (Å²) in [6.45, 7) is 0.171. The molecule has 1 aliphatic rings. The summed E-state index contributed by atoms with van der Waals surface area (Å²) in [5.41, 5.74) is 1.29. The largest absolute Gasteiger partial charge is 0.438 e. The Balaban J connectivity index is 1.62. The summed E-state index contributed by atoms with van der Waals surface area (Å²) in [5.74, 6) is -1.75. The lowest BCUT2D eigenvalue weighted by Crippen LogP contribution is -2.41. The van der Waals surface area contributed by atoms with E-state index in [1.807, 2.05) is 12.1 Å². The number of rotatable bonds is 2. The molecule has 0 aliphatic carbocycles. The Hall–Kier alpha value is -3.63. The summed E-state index contributed by atoms with van der Waals surface area (Å²) in [5, 5.41) is 4.50. The van der Waals surface area contributed by atoms with Crippen LogP contribution in [0.4, 0.5) is 13.2 Å². The maximum Gasteiger partial charge on any atom is 0.437 e. The molecule has 4 aromatic rings. The lowest BCUT2D eigenvalue weighted by atomic mass is 9.99. The van der Waals surface area contributed by atoms with Crippen molar-refractivity contribution < 1.29 is 22.4 Å². The molecule has 29 heavy (non-hydrogen) atoms. The van der Waals surface area contributed by atoms with Crippen LogP contribution in [-0.2, 0) is 12.6 Å². The molecule has 0 saturated heterocycles. The fourth-order valence-electron chi connectivity index (χ4n) is 3.62. The first-order valence-electron chi connectivity index (χ1n) is 8.71. The Kier molecular flexibility index (Phi) is 3.73. The first-order valence-corrected chi connectivity index (χ1v) is 8.71. The summed E-state index contributed by atoms with van der Waals surface area (Å²) in [6.07, 6.45) is -0.515. The molecular weight excluding hydrogens is 389 g/mol. The Morgan fingerprint density at radius 3 is 2.93 bits per heavy atom. The van der Waals surface area contributed by atoms with E-state index in [0.717, 1.165) is 11.2 Å². The van der Waals surface area contributed by atoms with Gasteiger partial charge < -0.3 is 14.3 Å². The second-order valence-electron chi connectivity index (χ2n) is 6.58. The van der Waals surface area contributed by atoms with Crippen molar-refractivity contribution in [2.75, 3.05) is 6.54 Å². The van der Waals surface area contributed by atoms with Gasteiger partial charge in [-0.05, 0) is 18.2 Å². The SMILES string of the molecule is O=C(c1ocnc1C(F)(F)F)N1CCc2[nH]cnc2[C@@H]1c1cc2ccccn2n1. The van der Waals surface area contributed by atoms with Crippen molar-refractivity contribution >= 4 is 11.4 Å². The number of pyridine rings is 1. The summed E-state index contributed by atoms with van der Waals surface area (Å²) in [6, 6.07) is 6.50. The van der Waals surface area contributed by atoms with E-state index in [-0.39, 0.29) is 6.54 Å². The third kappa shape index (κ3) is 2.77. The minimum atomic E-state index is -4.80. The van der Waals surface area contributed by atoms with Crippen molar-refractivity contribution in [1.82, 2.24) is 29.5 Å². The Labute approximate surface area is 161 Å². The van der Waals surface area contributed by atoms with Crippen molar-refractivity contribution in [3.05, 3.63) is 71.7 Å². The molecule has 0 aromatic carbocycles. The molecule has 148 valence electrons. The standard InChI is InChI=1S/C18H13F3N6O2/c19-18(20,21)16-15(29-9-24-16)17(28)26-6-4-11-13(23-8-22-11)14(26)12-7-10-3-1-2-5-27(10)25-12/h1-3,5,7-9,14H,4,6H2,(H,22,23)/t14-/m0/s1. The molecule has 0 unspecified atom stereocenters. The molecule has 11 heteroatoms. The zero-order chi connectivity index (χ0) is 20.2. The monoisotopic (exact) mass is 402 g/mol. The highest BCUT2D eigenvalue weighted by Gasteiger charge is 2.44. The van der Waals surface area contributed by atoms with Gasteiger partial charge in [0.25, 0.3) is 5.91 Å². The highest BCUT2D eigenvalue weighted by atomic mass is 19.4. The van der Waals surface area contributed by atoms with Crippen LogP contribution in [0.1, 0.15) is 39.4 Å². The number of alkyl halides is 3. The number of hydrogen-bond donors (Lipinski definition) is 1. The van der Waals surface area contributed by atoms with E-state index in [1.54, 1.807) is 22.8 Å². The quantitative estimate of drug-likeness (QED) is 0.557. The minimum absolute atomic E-state index is 0.171. The maximum atomic E-state index is 13.2. The number of hydrogen-bond acceptors (Lipinski definition) is 5. The Morgan fingerprint density at radius 2 is 2.14 bits per heavy atom. The van der Waals surface area contributed by atoms with Crippen LogP contribution in [0.15, 0.2) is 47.6 Å². The topological polar surface area (TPSA) is 92.3 Å². The minimum Gasteiger partial charge on any atom is -0.438 e. The van der Waals surface area contributed by atoms with Crippen LogP contribution in [0.25, 0.3) is 5.52 Å². The molecule has 1 aliphatic heterocycles. The molecule has 0 bridgehead atoms. The van der Waals surface area contributed by atoms with Gasteiger partial charge in [0.1, 0.15) is 6.04 Å². The number of carbonyl (C=O) groups is 1. The van der Waals surface area contributed by atoms with E-state index >= 15 is 0 Å². The molecule has 0 fully saturated rings. The Bertz CT molecular complexity index is 1170. The van der Waals surface area contributed by atoms with Gasteiger partial charge in [-0.1, -0.05) is 6.07 Å². The number of fused-ring (bicyclic) bond motifs is 2. The second kappa shape index (κ2) is 6.19. The molecule has 8 nitrogen and oxygen atoms in total. The summed E-state index contributed by atoms with van der Waals surface area (Å²) < 4.78 is 46.2.